The molecule has 7 heteroatoms. The SMILES string of the molecule is O=C(CSc1ncccn1)N1CCN(c2cccc(Cl)c2)CC1. The first-order valence-electron chi connectivity index (χ1n) is 7.40. The quantitative estimate of drug-likeness (QED) is 0.628. The van der Waals surface area contributed by atoms with E-state index in [1.807, 2.05) is 29.2 Å². The van der Waals surface area contributed by atoms with Crippen molar-refractivity contribution in [2.24, 2.45) is 0 Å². The number of benzene rings is 1. The maximum absolute atomic E-state index is 12.3. The number of anilines is 1. The van der Waals surface area contributed by atoms with Crippen molar-refractivity contribution in [2.75, 3.05) is 36.8 Å². The molecule has 120 valence electrons. The molecule has 1 saturated heterocycles. The third-order valence-electron chi connectivity index (χ3n) is 3.67. The van der Waals surface area contributed by atoms with Crippen LogP contribution in [-0.4, -0.2) is 52.7 Å². The monoisotopic (exact) mass is 348 g/mol. The summed E-state index contributed by atoms with van der Waals surface area (Å²) in [7, 11) is 0. The number of piperazine rings is 1. The van der Waals surface area contributed by atoms with Crippen LogP contribution in [0.3, 0.4) is 0 Å². The van der Waals surface area contributed by atoms with Gasteiger partial charge in [0.05, 0.1) is 5.75 Å². The van der Waals surface area contributed by atoms with Crippen molar-refractivity contribution in [3.05, 3.63) is 47.7 Å². The van der Waals surface area contributed by atoms with E-state index in [-0.39, 0.29) is 5.91 Å². The predicted octanol–water partition coefficient (Wildman–Crippen LogP) is 2.57. The first kappa shape index (κ1) is 16.1. The molecule has 0 radical (unpaired) electrons. The zero-order valence-electron chi connectivity index (χ0n) is 12.6. The molecule has 1 aromatic carbocycles. The number of halogens is 1. The highest BCUT2D eigenvalue weighted by Crippen LogP contribution is 2.21. The van der Waals surface area contributed by atoms with Crippen LogP contribution in [0, 0.1) is 0 Å². The third kappa shape index (κ3) is 4.36. The van der Waals surface area contributed by atoms with E-state index in [9.17, 15) is 4.79 Å². The summed E-state index contributed by atoms with van der Waals surface area (Å²) in [4.78, 5) is 24.7. The maximum atomic E-state index is 12.3. The summed E-state index contributed by atoms with van der Waals surface area (Å²) >= 11 is 7.41. The van der Waals surface area contributed by atoms with Crippen LogP contribution in [0.5, 0.6) is 0 Å². The minimum Gasteiger partial charge on any atom is -0.368 e. The Balaban J connectivity index is 1.49. The molecule has 1 fully saturated rings. The first-order valence-corrected chi connectivity index (χ1v) is 8.77. The predicted molar refractivity (Wildman–Crippen MR) is 93.0 cm³/mol. The number of rotatable bonds is 4. The fraction of sp³-hybridized carbons (Fsp3) is 0.312. The molecule has 0 bridgehead atoms. The number of amides is 1. The lowest BCUT2D eigenvalue weighted by Crippen LogP contribution is -2.49. The second-order valence-corrected chi connectivity index (χ2v) is 6.55. The van der Waals surface area contributed by atoms with Crippen LogP contribution >= 0.6 is 23.4 Å². The van der Waals surface area contributed by atoms with E-state index in [0.717, 1.165) is 36.9 Å². The Morgan fingerprint density at radius 2 is 1.87 bits per heavy atom. The minimum atomic E-state index is 0.133. The maximum Gasteiger partial charge on any atom is 0.233 e. The first-order chi connectivity index (χ1) is 11.2. The number of hydrogen-bond donors (Lipinski definition) is 0. The van der Waals surface area contributed by atoms with E-state index >= 15 is 0 Å². The molecular formula is C16H17ClN4OS. The van der Waals surface area contributed by atoms with Crippen molar-refractivity contribution in [1.29, 1.82) is 0 Å². The van der Waals surface area contributed by atoms with E-state index in [4.69, 9.17) is 11.6 Å². The molecule has 1 amide bonds. The van der Waals surface area contributed by atoms with Gasteiger partial charge in [-0.25, -0.2) is 9.97 Å². The summed E-state index contributed by atoms with van der Waals surface area (Å²) in [5.41, 5.74) is 1.11. The van der Waals surface area contributed by atoms with Gasteiger partial charge in [0, 0.05) is 49.3 Å². The summed E-state index contributed by atoms with van der Waals surface area (Å²) in [6, 6.07) is 9.59. The Kier molecular flexibility index (Phi) is 5.35. The second kappa shape index (κ2) is 7.66. The summed E-state index contributed by atoms with van der Waals surface area (Å²) in [6.45, 7) is 3.08. The normalized spacial score (nSPS) is 14.8. The lowest BCUT2D eigenvalue weighted by molar-refractivity contribution is -0.128. The van der Waals surface area contributed by atoms with Gasteiger partial charge in [-0.05, 0) is 24.3 Å². The van der Waals surface area contributed by atoms with Gasteiger partial charge in [-0.3, -0.25) is 4.79 Å². The molecule has 0 saturated carbocycles. The van der Waals surface area contributed by atoms with Gasteiger partial charge in [0.25, 0.3) is 0 Å². The topological polar surface area (TPSA) is 49.3 Å². The molecule has 0 N–H and O–H groups in total. The molecule has 0 spiro atoms. The molecule has 0 atom stereocenters. The number of aromatic nitrogens is 2. The van der Waals surface area contributed by atoms with Crippen molar-refractivity contribution >= 4 is 35.0 Å². The summed E-state index contributed by atoms with van der Waals surface area (Å²) in [5, 5.41) is 1.37. The molecule has 1 aliphatic rings. The molecule has 0 unspecified atom stereocenters. The average molecular weight is 349 g/mol. The number of hydrogen-bond acceptors (Lipinski definition) is 5. The molecule has 1 aliphatic heterocycles. The highest BCUT2D eigenvalue weighted by Gasteiger charge is 2.21. The van der Waals surface area contributed by atoms with Crippen molar-refractivity contribution < 1.29 is 4.79 Å². The number of carbonyl (C=O) groups excluding carboxylic acids is 1. The van der Waals surface area contributed by atoms with E-state index in [0.29, 0.717) is 10.9 Å². The van der Waals surface area contributed by atoms with Gasteiger partial charge in [0.1, 0.15) is 0 Å². The minimum absolute atomic E-state index is 0.133. The third-order valence-corrected chi connectivity index (χ3v) is 4.77. The number of thioether (sulfide) groups is 1. The van der Waals surface area contributed by atoms with Crippen LogP contribution < -0.4 is 4.90 Å². The molecule has 2 heterocycles. The van der Waals surface area contributed by atoms with Crippen molar-refractivity contribution in [2.45, 2.75) is 5.16 Å². The van der Waals surface area contributed by atoms with Crippen molar-refractivity contribution in [1.82, 2.24) is 14.9 Å². The Hall–Kier alpha value is -1.79. The van der Waals surface area contributed by atoms with Gasteiger partial charge in [-0.1, -0.05) is 29.4 Å². The van der Waals surface area contributed by atoms with E-state index in [1.165, 1.54) is 11.8 Å². The van der Waals surface area contributed by atoms with Gasteiger partial charge >= 0.3 is 0 Å². The van der Waals surface area contributed by atoms with Crippen molar-refractivity contribution in [3.63, 3.8) is 0 Å². The molecule has 1 aromatic heterocycles. The molecular weight excluding hydrogens is 332 g/mol. The van der Waals surface area contributed by atoms with Gasteiger partial charge < -0.3 is 9.80 Å². The fourth-order valence-corrected chi connectivity index (χ4v) is 3.35. The van der Waals surface area contributed by atoms with Crippen LogP contribution in [0.4, 0.5) is 5.69 Å². The molecule has 3 rings (SSSR count). The van der Waals surface area contributed by atoms with Crippen LogP contribution in [0.1, 0.15) is 0 Å². The number of carbonyl (C=O) groups is 1. The van der Waals surface area contributed by atoms with Gasteiger partial charge in [0.15, 0.2) is 5.16 Å². The van der Waals surface area contributed by atoms with Crippen LogP contribution in [-0.2, 0) is 4.79 Å². The van der Waals surface area contributed by atoms with Gasteiger partial charge in [-0.15, -0.1) is 0 Å². The molecule has 0 aliphatic carbocycles. The fourth-order valence-electron chi connectivity index (χ4n) is 2.46. The summed E-state index contributed by atoms with van der Waals surface area (Å²) < 4.78 is 0. The Labute approximate surface area is 144 Å². The second-order valence-electron chi connectivity index (χ2n) is 5.17. The van der Waals surface area contributed by atoms with E-state index in [2.05, 4.69) is 14.9 Å². The molecule has 23 heavy (non-hydrogen) atoms. The zero-order valence-corrected chi connectivity index (χ0v) is 14.1. The van der Waals surface area contributed by atoms with Crippen LogP contribution in [0.25, 0.3) is 0 Å². The summed E-state index contributed by atoms with van der Waals surface area (Å²) in [6.07, 6.45) is 3.37. The van der Waals surface area contributed by atoms with Gasteiger partial charge in [-0.2, -0.15) is 0 Å². The number of nitrogens with zero attached hydrogens (tertiary/aromatic N) is 4. The smallest absolute Gasteiger partial charge is 0.233 e. The lowest BCUT2D eigenvalue weighted by Gasteiger charge is -2.36. The Morgan fingerprint density at radius 3 is 2.57 bits per heavy atom. The largest absolute Gasteiger partial charge is 0.368 e. The highest BCUT2D eigenvalue weighted by atomic mass is 35.5. The standard InChI is InChI=1S/C16H17ClN4OS/c17-13-3-1-4-14(11-13)20-7-9-21(10-8-20)15(22)12-23-16-18-5-2-6-19-16/h1-6,11H,7-10,12H2. The van der Waals surface area contributed by atoms with Crippen LogP contribution in [0.15, 0.2) is 47.9 Å². The zero-order chi connectivity index (χ0) is 16.1. The van der Waals surface area contributed by atoms with E-state index < -0.39 is 0 Å². The summed E-state index contributed by atoms with van der Waals surface area (Å²) in [5.74, 6) is 0.509. The highest BCUT2D eigenvalue weighted by molar-refractivity contribution is 7.99. The van der Waals surface area contributed by atoms with Crippen LogP contribution in [0.2, 0.25) is 5.02 Å². The molecule has 2 aromatic rings. The lowest BCUT2D eigenvalue weighted by atomic mass is 10.2. The molecule has 5 nitrogen and oxygen atoms in total. The van der Waals surface area contributed by atoms with E-state index in [1.54, 1.807) is 18.5 Å². The average Bonchev–Trinajstić information content (AvgIpc) is 2.61. The van der Waals surface area contributed by atoms with Crippen molar-refractivity contribution in [3.8, 4) is 0 Å². The van der Waals surface area contributed by atoms with Gasteiger partial charge in [0.2, 0.25) is 5.91 Å². The Bertz CT molecular complexity index is 662. The Morgan fingerprint density at radius 1 is 1.13 bits per heavy atom.